The summed E-state index contributed by atoms with van der Waals surface area (Å²) in [5, 5.41) is 1.19. The van der Waals surface area contributed by atoms with Crippen molar-refractivity contribution in [1.82, 2.24) is 9.62 Å². The van der Waals surface area contributed by atoms with Gasteiger partial charge in [-0.1, -0.05) is 30.3 Å². The van der Waals surface area contributed by atoms with E-state index in [-0.39, 0.29) is 12.1 Å². The zero-order valence-electron chi connectivity index (χ0n) is 14.2. The SMILES string of the molecule is CN(C)CCO[C@@H]1CCOC[C@@H]1NS(=O)(=O)/C=C/c1ccccc1. The molecule has 7 heteroatoms. The topological polar surface area (TPSA) is 67.9 Å². The predicted molar refractivity (Wildman–Crippen MR) is 95.0 cm³/mol. The highest BCUT2D eigenvalue weighted by atomic mass is 32.2. The quantitative estimate of drug-likeness (QED) is 0.762. The third-order valence-electron chi connectivity index (χ3n) is 3.72. The van der Waals surface area contributed by atoms with Crippen LogP contribution in [0.5, 0.6) is 0 Å². The number of ether oxygens (including phenoxy) is 2. The van der Waals surface area contributed by atoms with Crippen LogP contribution in [0.15, 0.2) is 35.7 Å². The van der Waals surface area contributed by atoms with Crippen LogP contribution in [-0.2, 0) is 19.5 Å². The molecule has 1 heterocycles. The Morgan fingerprint density at radius 2 is 2.08 bits per heavy atom. The third kappa shape index (κ3) is 6.70. The highest BCUT2D eigenvalue weighted by molar-refractivity contribution is 7.92. The maximum absolute atomic E-state index is 12.3. The average Bonchev–Trinajstić information content (AvgIpc) is 2.55. The number of sulfonamides is 1. The van der Waals surface area contributed by atoms with Crippen LogP contribution in [-0.4, -0.2) is 65.9 Å². The molecular formula is C17H26N2O4S. The summed E-state index contributed by atoms with van der Waals surface area (Å²) >= 11 is 0. The van der Waals surface area contributed by atoms with E-state index in [1.54, 1.807) is 6.08 Å². The summed E-state index contributed by atoms with van der Waals surface area (Å²) < 4.78 is 38.5. The fraction of sp³-hybridized carbons (Fsp3) is 0.529. The van der Waals surface area contributed by atoms with E-state index in [0.29, 0.717) is 26.2 Å². The van der Waals surface area contributed by atoms with Gasteiger partial charge in [0.2, 0.25) is 10.0 Å². The molecule has 0 amide bonds. The van der Waals surface area contributed by atoms with Gasteiger partial charge in [0, 0.05) is 18.6 Å². The van der Waals surface area contributed by atoms with Crippen molar-refractivity contribution in [2.45, 2.75) is 18.6 Å². The van der Waals surface area contributed by atoms with Crippen molar-refractivity contribution in [3.8, 4) is 0 Å². The smallest absolute Gasteiger partial charge is 0.234 e. The summed E-state index contributed by atoms with van der Waals surface area (Å²) in [6, 6.07) is 8.95. The van der Waals surface area contributed by atoms with Gasteiger partial charge >= 0.3 is 0 Å². The number of benzene rings is 1. The van der Waals surface area contributed by atoms with Gasteiger partial charge in [0.25, 0.3) is 0 Å². The lowest BCUT2D eigenvalue weighted by Gasteiger charge is -2.31. The molecule has 1 aliphatic heterocycles. The molecule has 6 nitrogen and oxygen atoms in total. The van der Waals surface area contributed by atoms with Crippen LogP contribution in [0.3, 0.4) is 0 Å². The summed E-state index contributed by atoms with van der Waals surface area (Å²) in [5.41, 5.74) is 0.835. The van der Waals surface area contributed by atoms with Gasteiger partial charge in [-0.05, 0) is 32.2 Å². The van der Waals surface area contributed by atoms with Gasteiger partial charge in [-0.25, -0.2) is 13.1 Å². The monoisotopic (exact) mass is 354 g/mol. The molecule has 134 valence electrons. The van der Waals surface area contributed by atoms with Gasteiger partial charge in [-0.15, -0.1) is 0 Å². The van der Waals surface area contributed by atoms with E-state index in [1.807, 2.05) is 49.3 Å². The standard InChI is InChI=1S/C17H26N2O4S/c1-19(2)10-12-23-17-8-11-22-14-16(17)18-24(20,21)13-9-15-6-4-3-5-7-15/h3-7,9,13,16-18H,8,10-12,14H2,1-2H3/b13-9+/t16-,17+/m0/s1. The Kier molecular flexibility index (Phi) is 7.39. The summed E-state index contributed by atoms with van der Waals surface area (Å²) in [5.74, 6) is 0. The zero-order valence-corrected chi connectivity index (χ0v) is 15.0. The Morgan fingerprint density at radius 3 is 2.79 bits per heavy atom. The second kappa shape index (κ2) is 9.29. The largest absolute Gasteiger partial charge is 0.380 e. The molecule has 0 aromatic heterocycles. The Balaban J connectivity index is 1.93. The minimum atomic E-state index is -3.55. The van der Waals surface area contributed by atoms with Crippen molar-refractivity contribution in [2.24, 2.45) is 0 Å². The molecule has 24 heavy (non-hydrogen) atoms. The maximum Gasteiger partial charge on any atom is 0.234 e. The summed E-state index contributed by atoms with van der Waals surface area (Å²) in [6.07, 6.45) is 2.09. The van der Waals surface area contributed by atoms with E-state index in [0.717, 1.165) is 12.1 Å². The van der Waals surface area contributed by atoms with Gasteiger partial charge in [0.05, 0.1) is 25.4 Å². The van der Waals surface area contributed by atoms with Crippen LogP contribution in [0.25, 0.3) is 6.08 Å². The lowest BCUT2D eigenvalue weighted by atomic mass is 10.1. The van der Waals surface area contributed by atoms with E-state index >= 15 is 0 Å². The molecule has 2 atom stereocenters. The van der Waals surface area contributed by atoms with Gasteiger partial charge in [-0.3, -0.25) is 0 Å². The number of likely N-dealkylation sites (N-methyl/N-ethyl adjacent to an activating group) is 1. The Bertz CT molecular complexity index is 617. The molecule has 0 spiro atoms. The molecular weight excluding hydrogens is 328 g/mol. The minimum Gasteiger partial charge on any atom is -0.380 e. The average molecular weight is 354 g/mol. The first-order valence-corrected chi connectivity index (χ1v) is 9.60. The van der Waals surface area contributed by atoms with Crippen LogP contribution in [0.4, 0.5) is 0 Å². The van der Waals surface area contributed by atoms with E-state index in [2.05, 4.69) is 4.72 Å². The van der Waals surface area contributed by atoms with Crippen LogP contribution in [0, 0.1) is 0 Å². The Hall–Kier alpha value is -1.25. The third-order valence-corrected chi connectivity index (χ3v) is 4.84. The van der Waals surface area contributed by atoms with E-state index in [4.69, 9.17) is 9.47 Å². The van der Waals surface area contributed by atoms with Crippen molar-refractivity contribution in [1.29, 1.82) is 0 Å². The van der Waals surface area contributed by atoms with Crippen LogP contribution >= 0.6 is 0 Å². The van der Waals surface area contributed by atoms with Crippen LogP contribution < -0.4 is 4.72 Å². The predicted octanol–water partition coefficient (Wildman–Crippen LogP) is 1.31. The highest BCUT2D eigenvalue weighted by Crippen LogP contribution is 2.14. The number of nitrogens with one attached hydrogen (secondary N) is 1. The first-order chi connectivity index (χ1) is 11.5. The van der Waals surface area contributed by atoms with Gasteiger partial charge in [-0.2, -0.15) is 0 Å². The highest BCUT2D eigenvalue weighted by Gasteiger charge is 2.29. The molecule has 1 N–H and O–H groups in total. The Morgan fingerprint density at radius 1 is 1.33 bits per heavy atom. The van der Waals surface area contributed by atoms with Crippen molar-refractivity contribution < 1.29 is 17.9 Å². The molecule has 0 aliphatic carbocycles. The summed E-state index contributed by atoms with van der Waals surface area (Å²) in [6.45, 7) is 2.27. The fourth-order valence-corrected chi connectivity index (χ4v) is 3.45. The van der Waals surface area contributed by atoms with Gasteiger partial charge in [0.1, 0.15) is 0 Å². The molecule has 0 bridgehead atoms. The van der Waals surface area contributed by atoms with Crippen molar-refractivity contribution >= 4 is 16.1 Å². The summed E-state index contributed by atoms with van der Waals surface area (Å²) in [4.78, 5) is 2.03. The molecule has 1 aromatic rings. The van der Waals surface area contributed by atoms with E-state index in [1.165, 1.54) is 5.41 Å². The second-order valence-corrected chi connectivity index (χ2v) is 7.66. The number of rotatable bonds is 8. The van der Waals surface area contributed by atoms with Crippen molar-refractivity contribution in [2.75, 3.05) is 40.5 Å². The van der Waals surface area contributed by atoms with Crippen molar-refractivity contribution in [3.63, 3.8) is 0 Å². The molecule has 1 saturated heterocycles. The molecule has 0 radical (unpaired) electrons. The molecule has 1 aliphatic rings. The second-order valence-electron chi connectivity index (χ2n) is 6.06. The lowest BCUT2D eigenvalue weighted by molar-refractivity contribution is -0.0527. The molecule has 0 unspecified atom stereocenters. The molecule has 1 aromatic carbocycles. The molecule has 0 saturated carbocycles. The molecule has 2 rings (SSSR count). The normalized spacial score (nSPS) is 22.3. The fourth-order valence-electron chi connectivity index (χ4n) is 2.40. The number of nitrogens with zero attached hydrogens (tertiary/aromatic N) is 1. The van der Waals surface area contributed by atoms with Crippen molar-refractivity contribution in [3.05, 3.63) is 41.3 Å². The minimum absolute atomic E-state index is 0.168. The lowest BCUT2D eigenvalue weighted by Crippen LogP contribution is -2.50. The zero-order chi connectivity index (χ0) is 17.4. The van der Waals surface area contributed by atoms with Crippen LogP contribution in [0.1, 0.15) is 12.0 Å². The summed E-state index contributed by atoms with van der Waals surface area (Å²) in [7, 11) is 0.394. The van der Waals surface area contributed by atoms with E-state index in [9.17, 15) is 8.42 Å². The first kappa shape index (κ1) is 19.1. The molecule has 1 fully saturated rings. The first-order valence-electron chi connectivity index (χ1n) is 8.06. The van der Waals surface area contributed by atoms with Crippen LogP contribution in [0.2, 0.25) is 0 Å². The van der Waals surface area contributed by atoms with Gasteiger partial charge < -0.3 is 14.4 Å². The number of hydrogen-bond acceptors (Lipinski definition) is 5. The Labute approximate surface area is 144 Å². The maximum atomic E-state index is 12.3. The van der Waals surface area contributed by atoms with Gasteiger partial charge in [0.15, 0.2) is 0 Å². The number of hydrogen-bond donors (Lipinski definition) is 1. The van der Waals surface area contributed by atoms with E-state index < -0.39 is 10.0 Å².